The summed E-state index contributed by atoms with van der Waals surface area (Å²) in [4.78, 5) is 35.9. The van der Waals surface area contributed by atoms with Crippen molar-refractivity contribution in [1.82, 2.24) is 5.32 Å². The van der Waals surface area contributed by atoms with Crippen LogP contribution < -0.4 is 5.32 Å². The Morgan fingerprint density at radius 2 is 1.46 bits per heavy atom. The van der Waals surface area contributed by atoms with E-state index in [4.69, 9.17) is 4.74 Å². The molecular formula is C19H19NO4. The maximum atomic E-state index is 12.3. The molecule has 2 aromatic carbocycles. The average Bonchev–Trinajstić information content (AvgIpc) is 2.62. The molecule has 1 atom stereocenters. The van der Waals surface area contributed by atoms with Crippen molar-refractivity contribution in [1.29, 1.82) is 0 Å². The third kappa shape index (κ3) is 4.29. The first-order valence-corrected chi connectivity index (χ1v) is 7.71. The zero-order chi connectivity index (χ0) is 17.5. The van der Waals surface area contributed by atoms with Gasteiger partial charge in [0.2, 0.25) is 0 Å². The van der Waals surface area contributed by atoms with Gasteiger partial charge in [-0.15, -0.1) is 0 Å². The number of hydrogen-bond donors (Lipinski definition) is 1. The Hall–Kier alpha value is -2.95. The summed E-state index contributed by atoms with van der Waals surface area (Å²) >= 11 is 0. The lowest BCUT2D eigenvalue weighted by atomic mass is 10.0. The molecule has 2 aromatic rings. The molecule has 124 valence electrons. The number of ketones is 1. The van der Waals surface area contributed by atoms with E-state index in [1.807, 2.05) is 6.07 Å². The van der Waals surface area contributed by atoms with Crippen molar-refractivity contribution in [3.05, 3.63) is 71.3 Å². The molecule has 5 nitrogen and oxygen atoms in total. The Balaban J connectivity index is 2.05. The van der Waals surface area contributed by atoms with Crippen molar-refractivity contribution in [2.45, 2.75) is 20.0 Å². The lowest BCUT2D eigenvalue weighted by Gasteiger charge is -2.12. The van der Waals surface area contributed by atoms with Crippen molar-refractivity contribution in [3.63, 3.8) is 0 Å². The number of carbonyl (C=O) groups excluding carboxylic acids is 3. The Morgan fingerprint density at radius 3 is 2.04 bits per heavy atom. The zero-order valence-electron chi connectivity index (χ0n) is 13.6. The first-order valence-electron chi connectivity index (χ1n) is 7.71. The summed E-state index contributed by atoms with van der Waals surface area (Å²) in [7, 11) is 0. The first kappa shape index (κ1) is 17.4. The van der Waals surface area contributed by atoms with E-state index >= 15 is 0 Å². The van der Waals surface area contributed by atoms with E-state index in [0.717, 1.165) is 0 Å². The Bertz CT molecular complexity index is 723. The number of rotatable bonds is 6. The number of esters is 1. The monoisotopic (exact) mass is 325 g/mol. The minimum atomic E-state index is -0.872. The summed E-state index contributed by atoms with van der Waals surface area (Å²) in [5.41, 5.74) is 1.35. The van der Waals surface area contributed by atoms with Gasteiger partial charge in [-0.2, -0.15) is 0 Å². The lowest BCUT2D eigenvalue weighted by molar-refractivity contribution is -0.128. The number of ether oxygens (including phenoxy) is 1. The van der Waals surface area contributed by atoms with Gasteiger partial charge >= 0.3 is 5.97 Å². The second kappa shape index (κ2) is 8.06. The summed E-state index contributed by atoms with van der Waals surface area (Å²) in [5.74, 6) is -1.07. The number of nitrogens with one attached hydrogen (secondary N) is 1. The molecule has 0 heterocycles. The molecule has 0 aromatic heterocycles. The second-order valence-electron chi connectivity index (χ2n) is 5.21. The Labute approximate surface area is 140 Å². The molecule has 2 rings (SSSR count). The fraction of sp³-hybridized carbons (Fsp3) is 0.211. The molecule has 0 fully saturated rings. The van der Waals surface area contributed by atoms with E-state index in [2.05, 4.69) is 5.32 Å². The van der Waals surface area contributed by atoms with Gasteiger partial charge in [-0.3, -0.25) is 9.59 Å². The summed E-state index contributed by atoms with van der Waals surface area (Å²) in [5, 5.41) is 2.58. The quantitative estimate of drug-likeness (QED) is 0.654. The number of benzene rings is 2. The standard InChI is InChI=1S/C19H19NO4/c1-3-20-18(22)13(2)24-19(23)16-11-9-15(10-12-16)17(21)14-7-5-4-6-8-14/h4-13H,3H2,1-2H3,(H,20,22)/t13-/m1/s1. The molecular weight excluding hydrogens is 306 g/mol. The van der Waals surface area contributed by atoms with Crippen molar-refractivity contribution in [3.8, 4) is 0 Å². The predicted octanol–water partition coefficient (Wildman–Crippen LogP) is 2.60. The third-order valence-electron chi connectivity index (χ3n) is 3.42. The van der Waals surface area contributed by atoms with E-state index in [1.165, 1.54) is 19.1 Å². The van der Waals surface area contributed by atoms with Crippen molar-refractivity contribution >= 4 is 17.7 Å². The molecule has 0 spiro atoms. The Morgan fingerprint density at radius 1 is 0.917 bits per heavy atom. The molecule has 1 N–H and O–H groups in total. The normalized spacial score (nSPS) is 11.4. The van der Waals surface area contributed by atoms with E-state index in [9.17, 15) is 14.4 Å². The molecule has 0 saturated carbocycles. The van der Waals surface area contributed by atoms with Crippen LogP contribution in [-0.4, -0.2) is 30.3 Å². The van der Waals surface area contributed by atoms with Gasteiger partial charge in [0.1, 0.15) is 0 Å². The number of likely N-dealkylation sites (N-methyl/N-ethyl adjacent to an activating group) is 1. The highest BCUT2D eigenvalue weighted by Crippen LogP contribution is 2.12. The summed E-state index contributed by atoms with van der Waals surface area (Å²) in [6, 6.07) is 15.1. The molecule has 0 bridgehead atoms. The van der Waals surface area contributed by atoms with E-state index in [1.54, 1.807) is 43.3 Å². The largest absolute Gasteiger partial charge is 0.449 e. The van der Waals surface area contributed by atoms with Crippen LogP contribution in [0.25, 0.3) is 0 Å². The molecule has 0 radical (unpaired) electrons. The SMILES string of the molecule is CCNC(=O)[C@@H](C)OC(=O)c1ccc(C(=O)c2ccccc2)cc1. The summed E-state index contributed by atoms with van der Waals surface area (Å²) in [6.07, 6.45) is -0.872. The van der Waals surface area contributed by atoms with Crippen LogP contribution in [0.3, 0.4) is 0 Å². The van der Waals surface area contributed by atoms with Crippen LogP contribution in [0.1, 0.15) is 40.1 Å². The van der Waals surface area contributed by atoms with Crippen LogP contribution in [0, 0.1) is 0 Å². The minimum absolute atomic E-state index is 0.119. The van der Waals surface area contributed by atoms with Crippen LogP contribution in [0.15, 0.2) is 54.6 Å². The molecule has 24 heavy (non-hydrogen) atoms. The average molecular weight is 325 g/mol. The van der Waals surface area contributed by atoms with Crippen LogP contribution in [-0.2, 0) is 9.53 Å². The van der Waals surface area contributed by atoms with Gasteiger partial charge < -0.3 is 10.1 Å². The predicted molar refractivity (Wildman–Crippen MR) is 89.9 cm³/mol. The second-order valence-corrected chi connectivity index (χ2v) is 5.21. The van der Waals surface area contributed by atoms with Gasteiger partial charge in [0.25, 0.3) is 5.91 Å². The molecule has 5 heteroatoms. The summed E-state index contributed by atoms with van der Waals surface area (Å²) < 4.78 is 5.10. The third-order valence-corrected chi connectivity index (χ3v) is 3.42. The molecule has 0 aliphatic carbocycles. The summed E-state index contributed by atoms with van der Waals surface area (Å²) in [6.45, 7) is 3.77. The van der Waals surface area contributed by atoms with Crippen LogP contribution >= 0.6 is 0 Å². The molecule has 1 amide bonds. The smallest absolute Gasteiger partial charge is 0.338 e. The molecule has 0 saturated heterocycles. The maximum Gasteiger partial charge on any atom is 0.338 e. The first-order chi connectivity index (χ1) is 11.5. The van der Waals surface area contributed by atoms with Gasteiger partial charge in [0.15, 0.2) is 11.9 Å². The number of carbonyl (C=O) groups is 3. The van der Waals surface area contributed by atoms with Gasteiger partial charge in [-0.1, -0.05) is 42.5 Å². The fourth-order valence-corrected chi connectivity index (χ4v) is 2.11. The lowest BCUT2D eigenvalue weighted by Crippen LogP contribution is -2.35. The van der Waals surface area contributed by atoms with Gasteiger partial charge in [0, 0.05) is 17.7 Å². The highest BCUT2D eigenvalue weighted by molar-refractivity contribution is 6.09. The number of hydrogen-bond acceptors (Lipinski definition) is 4. The van der Waals surface area contributed by atoms with E-state index in [0.29, 0.717) is 17.7 Å². The highest BCUT2D eigenvalue weighted by Gasteiger charge is 2.18. The minimum Gasteiger partial charge on any atom is -0.449 e. The Kier molecular flexibility index (Phi) is 5.84. The van der Waals surface area contributed by atoms with Gasteiger partial charge in [0.05, 0.1) is 5.56 Å². The van der Waals surface area contributed by atoms with Crippen LogP contribution in [0.5, 0.6) is 0 Å². The van der Waals surface area contributed by atoms with E-state index in [-0.39, 0.29) is 17.3 Å². The topological polar surface area (TPSA) is 72.5 Å². The van der Waals surface area contributed by atoms with Crippen molar-refractivity contribution in [2.24, 2.45) is 0 Å². The van der Waals surface area contributed by atoms with Gasteiger partial charge in [-0.25, -0.2) is 4.79 Å². The maximum absolute atomic E-state index is 12.3. The molecule has 0 aliphatic heterocycles. The van der Waals surface area contributed by atoms with Crippen LogP contribution in [0.4, 0.5) is 0 Å². The fourth-order valence-electron chi connectivity index (χ4n) is 2.11. The number of amides is 1. The van der Waals surface area contributed by atoms with Crippen LogP contribution in [0.2, 0.25) is 0 Å². The molecule has 0 aliphatic rings. The van der Waals surface area contributed by atoms with Crippen molar-refractivity contribution < 1.29 is 19.1 Å². The van der Waals surface area contributed by atoms with Crippen molar-refractivity contribution in [2.75, 3.05) is 6.54 Å². The van der Waals surface area contributed by atoms with Gasteiger partial charge in [-0.05, 0) is 26.0 Å². The highest BCUT2D eigenvalue weighted by atomic mass is 16.5. The molecule has 0 unspecified atom stereocenters. The zero-order valence-corrected chi connectivity index (χ0v) is 13.6. The van der Waals surface area contributed by atoms with E-state index < -0.39 is 12.1 Å².